The molecule has 0 atom stereocenters. The van der Waals surface area contributed by atoms with Crippen molar-refractivity contribution in [2.45, 2.75) is 20.4 Å². The summed E-state index contributed by atoms with van der Waals surface area (Å²) < 4.78 is 4.98. The fraction of sp³-hybridized carbons (Fsp3) is 0.176. The fourth-order valence-corrected chi connectivity index (χ4v) is 2.15. The summed E-state index contributed by atoms with van der Waals surface area (Å²) in [6.45, 7) is 4.03. The molecule has 0 radical (unpaired) electrons. The first-order chi connectivity index (χ1) is 11.6. The highest BCUT2D eigenvalue weighted by molar-refractivity contribution is 5.92. The van der Waals surface area contributed by atoms with Gasteiger partial charge in [0.05, 0.1) is 0 Å². The van der Waals surface area contributed by atoms with Gasteiger partial charge >= 0.3 is 0 Å². The molecule has 3 aromatic rings. The van der Waals surface area contributed by atoms with Crippen molar-refractivity contribution in [3.05, 3.63) is 65.2 Å². The van der Waals surface area contributed by atoms with Crippen LogP contribution in [0.1, 0.15) is 27.5 Å². The first kappa shape index (κ1) is 15.7. The molecular weight excluding hydrogens is 306 g/mol. The van der Waals surface area contributed by atoms with E-state index >= 15 is 0 Å². The smallest absolute Gasteiger partial charge is 0.270 e. The highest BCUT2D eigenvalue weighted by Gasteiger charge is 2.11. The lowest BCUT2D eigenvalue weighted by molar-refractivity contribution is 0.0945. The third-order valence-electron chi connectivity index (χ3n) is 3.25. The van der Waals surface area contributed by atoms with E-state index in [1.807, 2.05) is 30.3 Å². The second-order valence-electron chi connectivity index (χ2n) is 5.33. The third-order valence-corrected chi connectivity index (χ3v) is 3.25. The normalized spacial score (nSPS) is 10.4. The Labute approximate surface area is 139 Å². The Morgan fingerprint density at radius 2 is 1.92 bits per heavy atom. The fourth-order valence-electron chi connectivity index (χ4n) is 2.15. The van der Waals surface area contributed by atoms with Crippen molar-refractivity contribution >= 4 is 17.7 Å². The Balaban J connectivity index is 1.71. The van der Waals surface area contributed by atoms with Crippen molar-refractivity contribution < 1.29 is 9.32 Å². The van der Waals surface area contributed by atoms with E-state index in [9.17, 15) is 4.79 Å². The van der Waals surface area contributed by atoms with Gasteiger partial charge in [0.25, 0.3) is 5.91 Å². The Morgan fingerprint density at radius 1 is 1.12 bits per heavy atom. The molecule has 122 valence electrons. The van der Waals surface area contributed by atoms with Gasteiger partial charge in [-0.2, -0.15) is 0 Å². The molecule has 0 aliphatic rings. The summed E-state index contributed by atoms with van der Waals surface area (Å²) in [6.07, 6.45) is 0. The molecule has 3 rings (SSSR count). The monoisotopic (exact) mass is 323 g/mol. The zero-order valence-corrected chi connectivity index (χ0v) is 13.4. The summed E-state index contributed by atoms with van der Waals surface area (Å²) in [5.41, 5.74) is 1.99. The number of aryl methyl sites for hydroxylation is 2. The number of amides is 1. The summed E-state index contributed by atoms with van der Waals surface area (Å²) in [5.74, 6) is 1.21. The van der Waals surface area contributed by atoms with E-state index < -0.39 is 0 Å². The number of carbonyl (C=O) groups is 1. The zero-order chi connectivity index (χ0) is 16.9. The van der Waals surface area contributed by atoms with Crippen molar-refractivity contribution in [1.29, 1.82) is 0 Å². The van der Waals surface area contributed by atoms with Crippen molar-refractivity contribution in [3.8, 4) is 0 Å². The van der Waals surface area contributed by atoms with E-state index in [0.717, 1.165) is 5.56 Å². The van der Waals surface area contributed by atoms with Crippen molar-refractivity contribution in [1.82, 2.24) is 20.4 Å². The van der Waals surface area contributed by atoms with E-state index in [0.29, 0.717) is 35.5 Å². The van der Waals surface area contributed by atoms with Crippen LogP contribution in [0.5, 0.6) is 0 Å². The maximum Gasteiger partial charge on any atom is 0.270 e. The van der Waals surface area contributed by atoms with Gasteiger partial charge in [-0.05, 0) is 25.5 Å². The van der Waals surface area contributed by atoms with Gasteiger partial charge in [0, 0.05) is 18.3 Å². The van der Waals surface area contributed by atoms with Gasteiger partial charge in [-0.1, -0.05) is 35.5 Å². The van der Waals surface area contributed by atoms with E-state index in [1.54, 1.807) is 26.0 Å². The summed E-state index contributed by atoms with van der Waals surface area (Å²) in [7, 11) is 0. The van der Waals surface area contributed by atoms with E-state index in [4.69, 9.17) is 4.52 Å². The molecule has 7 heteroatoms. The van der Waals surface area contributed by atoms with E-state index in [1.165, 1.54) is 0 Å². The summed E-state index contributed by atoms with van der Waals surface area (Å²) in [5, 5.41) is 9.60. The lowest BCUT2D eigenvalue weighted by Crippen LogP contribution is -2.24. The molecule has 0 aliphatic heterocycles. The number of rotatable bonds is 5. The van der Waals surface area contributed by atoms with Gasteiger partial charge < -0.3 is 15.2 Å². The second-order valence-corrected chi connectivity index (χ2v) is 5.33. The molecule has 0 aliphatic carbocycles. The molecule has 0 spiro atoms. The average molecular weight is 323 g/mol. The molecule has 2 heterocycles. The van der Waals surface area contributed by atoms with Crippen LogP contribution < -0.4 is 10.6 Å². The predicted molar refractivity (Wildman–Crippen MR) is 88.9 cm³/mol. The van der Waals surface area contributed by atoms with Crippen LogP contribution in [0.25, 0.3) is 0 Å². The Kier molecular flexibility index (Phi) is 4.51. The number of hydrogen-bond acceptors (Lipinski definition) is 6. The molecule has 7 nitrogen and oxygen atoms in total. The minimum atomic E-state index is -0.260. The number of nitrogens with zero attached hydrogens (tertiary/aromatic N) is 3. The average Bonchev–Trinajstić information content (AvgIpc) is 2.98. The Hall–Kier alpha value is -3.22. The van der Waals surface area contributed by atoms with Crippen molar-refractivity contribution in [2.24, 2.45) is 0 Å². The van der Waals surface area contributed by atoms with Gasteiger partial charge in [0.1, 0.15) is 11.5 Å². The molecule has 0 fully saturated rings. The van der Waals surface area contributed by atoms with Crippen molar-refractivity contribution in [2.75, 3.05) is 5.32 Å². The number of carbonyl (C=O) groups excluding carboxylic acids is 1. The molecule has 2 aromatic heterocycles. The van der Waals surface area contributed by atoms with Gasteiger partial charge in [0.2, 0.25) is 5.95 Å². The number of nitrogens with one attached hydrogen (secondary N) is 2. The maximum atomic E-state index is 12.3. The molecule has 0 saturated heterocycles. The highest BCUT2D eigenvalue weighted by atomic mass is 16.5. The van der Waals surface area contributed by atoms with Crippen LogP contribution in [0, 0.1) is 13.8 Å². The molecule has 2 N–H and O–H groups in total. The molecular formula is C17H17N5O2. The van der Waals surface area contributed by atoms with Crippen molar-refractivity contribution in [3.63, 3.8) is 0 Å². The summed E-state index contributed by atoms with van der Waals surface area (Å²) in [6, 6.07) is 13.1. The molecule has 24 heavy (non-hydrogen) atoms. The van der Waals surface area contributed by atoms with E-state index in [-0.39, 0.29) is 5.91 Å². The predicted octanol–water partition coefficient (Wildman–Crippen LogP) is 2.76. The third kappa shape index (κ3) is 3.95. The standard InChI is InChI=1S/C17H17N5O2/c1-11-8-14(16(23)18-10-13-6-4-3-5-7-13)20-17(19-11)21-15-9-12(2)24-22-15/h3-9H,10H2,1-2H3,(H,18,23)(H,19,20,21,22). The first-order valence-electron chi connectivity index (χ1n) is 7.48. The quantitative estimate of drug-likeness (QED) is 0.750. The first-order valence-corrected chi connectivity index (χ1v) is 7.48. The van der Waals surface area contributed by atoms with Crippen LogP contribution in [-0.2, 0) is 6.54 Å². The highest BCUT2D eigenvalue weighted by Crippen LogP contribution is 2.13. The van der Waals surface area contributed by atoms with Gasteiger partial charge in [-0.25, -0.2) is 9.97 Å². The number of hydrogen-bond donors (Lipinski definition) is 2. The Morgan fingerprint density at radius 3 is 2.62 bits per heavy atom. The number of anilines is 2. The molecule has 0 unspecified atom stereocenters. The van der Waals surface area contributed by atoms with Crippen LogP contribution in [0.2, 0.25) is 0 Å². The van der Waals surface area contributed by atoms with Gasteiger partial charge in [-0.15, -0.1) is 0 Å². The summed E-state index contributed by atoms with van der Waals surface area (Å²) in [4.78, 5) is 20.8. The van der Waals surface area contributed by atoms with E-state index in [2.05, 4.69) is 25.8 Å². The molecule has 0 bridgehead atoms. The van der Waals surface area contributed by atoms with Gasteiger partial charge in [0.15, 0.2) is 5.82 Å². The minimum absolute atomic E-state index is 0.260. The Bertz CT molecular complexity index is 845. The zero-order valence-electron chi connectivity index (χ0n) is 13.4. The largest absolute Gasteiger partial charge is 0.360 e. The lowest BCUT2D eigenvalue weighted by Gasteiger charge is -2.07. The minimum Gasteiger partial charge on any atom is -0.360 e. The summed E-state index contributed by atoms with van der Waals surface area (Å²) >= 11 is 0. The number of benzene rings is 1. The van der Waals surface area contributed by atoms with Crippen LogP contribution in [0.15, 0.2) is 47.0 Å². The molecule has 1 amide bonds. The molecule has 0 saturated carbocycles. The van der Waals surface area contributed by atoms with Crippen LogP contribution >= 0.6 is 0 Å². The molecule has 1 aromatic carbocycles. The second kappa shape index (κ2) is 6.91. The maximum absolute atomic E-state index is 12.3. The topological polar surface area (TPSA) is 92.9 Å². The number of aromatic nitrogens is 3. The SMILES string of the molecule is Cc1cc(C(=O)NCc2ccccc2)nc(Nc2cc(C)on2)n1. The van der Waals surface area contributed by atoms with Crippen LogP contribution in [0.4, 0.5) is 11.8 Å². The van der Waals surface area contributed by atoms with Crippen LogP contribution in [0.3, 0.4) is 0 Å². The van der Waals surface area contributed by atoms with Crippen LogP contribution in [-0.4, -0.2) is 21.0 Å². The lowest BCUT2D eigenvalue weighted by atomic mass is 10.2. The van der Waals surface area contributed by atoms with Gasteiger partial charge in [-0.3, -0.25) is 4.79 Å².